The van der Waals surface area contributed by atoms with Crippen LogP contribution in [0.2, 0.25) is 0 Å². The lowest BCUT2D eigenvalue weighted by atomic mass is 10.2. The fourth-order valence-electron chi connectivity index (χ4n) is 1.39. The first kappa shape index (κ1) is 17.2. The Kier molecular flexibility index (Phi) is 10.9. The molecule has 0 aliphatic rings. The van der Waals surface area contributed by atoms with E-state index in [0.29, 0.717) is 6.54 Å². The van der Waals surface area contributed by atoms with E-state index in [1.807, 2.05) is 11.8 Å². The highest BCUT2D eigenvalue weighted by molar-refractivity contribution is 7.98. The third-order valence-electron chi connectivity index (χ3n) is 2.40. The monoisotopic (exact) mass is 276 g/mol. The maximum atomic E-state index is 11.5. The van der Waals surface area contributed by atoms with Gasteiger partial charge in [0.1, 0.15) is 0 Å². The molecule has 6 heteroatoms. The van der Waals surface area contributed by atoms with Gasteiger partial charge in [0.25, 0.3) is 0 Å². The summed E-state index contributed by atoms with van der Waals surface area (Å²) in [6.45, 7) is 2.47. The second-order valence-electron chi connectivity index (χ2n) is 3.93. The fourth-order valence-corrected chi connectivity index (χ4v) is 1.88. The summed E-state index contributed by atoms with van der Waals surface area (Å²) in [5, 5.41) is 2.64. The highest BCUT2D eigenvalue weighted by atomic mass is 32.2. The molecule has 18 heavy (non-hydrogen) atoms. The van der Waals surface area contributed by atoms with Crippen molar-refractivity contribution in [1.29, 1.82) is 0 Å². The van der Waals surface area contributed by atoms with Gasteiger partial charge in [0.2, 0.25) is 5.91 Å². The van der Waals surface area contributed by atoms with Gasteiger partial charge in [-0.1, -0.05) is 12.8 Å². The summed E-state index contributed by atoms with van der Waals surface area (Å²) >= 11 is 1.84. The van der Waals surface area contributed by atoms with Gasteiger partial charge in [0.15, 0.2) is 6.04 Å². The number of carbonyl (C=O) groups is 2. The topological polar surface area (TPSA) is 81.4 Å². The van der Waals surface area contributed by atoms with Crippen LogP contribution in [0.5, 0.6) is 0 Å². The molecule has 0 saturated heterocycles. The zero-order chi connectivity index (χ0) is 13.8. The van der Waals surface area contributed by atoms with E-state index in [1.54, 1.807) is 6.92 Å². The van der Waals surface area contributed by atoms with Crippen molar-refractivity contribution in [2.75, 3.05) is 25.2 Å². The van der Waals surface area contributed by atoms with Crippen LogP contribution in [-0.2, 0) is 14.3 Å². The van der Waals surface area contributed by atoms with Crippen molar-refractivity contribution in [3.05, 3.63) is 0 Å². The minimum atomic E-state index is -1.21. The molecular weight excluding hydrogens is 252 g/mol. The van der Waals surface area contributed by atoms with Crippen LogP contribution in [0, 0.1) is 0 Å². The average molecular weight is 276 g/mol. The number of hydrogen-bond acceptors (Lipinski definition) is 5. The minimum absolute atomic E-state index is 0.231. The summed E-state index contributed by atoms with van der Waals surface area (Å²) in [6, 6.07) is -1.21. The van der Waals surface area contributed by atoms with Gasteiger partial charge in [-0.2, -0.15) is 11.8 Å². The zero-order valence-electron chi connectivity index (χ0n) is 11.2. The number of amides is 1. The first-order chi connectivity index (χ1) is 8.63. The summed E-state index contributed by atoms with van der Waals surface area (Å²) in [5.41, 5.74) is 5.44. The summed E-state index contributed by atoms with van der Waals surface area (Å²) in [4.78, 5) is 22.6. The minimum Gasteiger partial charge on any atom is -0.464 e. The van der Waals surface area contributed by atoms with Crippen molar-refractivity contribution >= 4 is 23.6 Å². The predicted octanol–water partition coefficient (Wildman–Crippen LogP) is 0.916. The molecule has 106 valence electrons. The molecule has 0 aliphatic carbocycles. The molecule has 1 amide bonds. The van der Waals surface area contributed by atoms with E-state index in [9.17, 15) is 9.59 Å². The molecule has 0 bridgehead atoms. The summed E-state index contributed by atoms with van der Waals surface area (Å²) in [7, 11) is 0. The van der Waals surface area contributed by atoms with E-state index in [1.165, 1.54) is 18.6 Å². The Morgan fingerprint density at radius 3 is 2.56 bits per heavy atom. The van der Waals surface area contributed by atoms with Crippen molar-refractivity contribution < 1.29 is 14.3 Å². The van der Waals surface area contributed by atoms with Gasteiger partial charge in [-0.3, -0.25) is 4.79 Å². The molecule has 0 aromatic rings. The van der Waals surface area contributed by atoms with E-state index in [4.69, 9.17) is 5.73 Å². The highest BCUT2D eigenvalue weighted by Crippen LogP contribution is 2.03. The number of nitrogens with two attached hydrogens (primary N) is 1. The Labute approximate surface area is 113 Å². The number of hydrogen-bond donors (Lipinski definition) is 2. The number of esters is 1. The first-order valence-electron chi connectivity index (χ1n) is 6.32. The van der Waals surface area contributed by atoms with Crippen LogP contribution in [0.3, 0.4) is 0 Å². The van der Waals surface area contributed by atoms with Crippen LogP contribution in [0.4, 0.5) is 0 Å². The van der Waals surface area contributed by atoms with E-state index in [2.05, 4.69) is 16.3 Å². The SMILES string of the molecule is CCOC(=O)C(N)C(=O)NCCCCCCSC. The van der Waals surface area contributed by atoms with Gasteiger partial charge in [-0.05, 0) is 31.8 Å². The van der Waals surface area contributed by atoms with Crippen molar-refractivity contribution in [3.8, 4) is 0 Å². The molecule has 0 aliphatic heterocycles. The Morgan fingerprint density at radius 1 is 1.28 bits per heavy atom. The molecule has 0 spiro atoms. The highest BCUT2D eigenvalue weighted by Gasteiger charge is 2.22. The lowest BCUT2D eigenvalue weighted by Crippen LogP contribution is -2.47. The molecule has 3 N–H and O–H groups in total. The van der Waals surface area contributed by atoms with Gasteiger partial charge in [0, 0.05) is 6.54 Å². The molecule has 0 aromatic carbocycles. The summed E-state index contributed by atoms with van der Waals surface area (Å²) < 4.78 is 4.67. The maximum absolute atomic E-state index is 11.5. The number of ether oxygens (including phenoxy) is 1. The predicted molar refractivity (Wildman–Crippen MR) is 74.5 cm³/mol. The number of nitrogens with one attached hydrogen (secondary N) is 1. The standard InChI is InChI=1S/C12H24N2O3S/c1-3-17-12(16)10(13)11(15)14-8-6-4-5-7-9-18-2/h10H,3-9,13H2,1-2H3,(H,14,15). The van der Waals surface area contributed by atoms with Crippen molar-refractivity contribution in [1.82, 2.24) is 5.32 Å². The van der Waals surface area contributed by atoms with E-state index in [-0.39, 0.29) is 6.61 Å². The Hall–Kier alpha value is -0.750. The van der Waals surface area contributed by atoms with E-state index >= 15 is 0 Å². The Morgan fingerprint density at radius 2 is 1.94 bits per heavy atom. The van der Waals surface area contributed by atoms with Crippen LogP contribution in [-0.4, -0.2) is 43.1 Å². The van der Waals surface area contributed by atoms with Gasteiger partial charge in [0.05, 0.1) is 6.61 Å². The third-order valence-corrected chi connectivity index (χ3v) is 3.09. The number of carbonyl (C=O) groups excluding carboxylic acids is 2. The Bertz CT molecular complexity index is 249. The lowest BCUT2D eigenvalue weighted by Gasteiger charge is -2.10. The molecule has 5 nitrogen and oxygen atoms in total. The molecule has 0 aromatic heterocycles. The van der Waals surface area contributed by atoms with Crippen LogP contribution in [0.25, 0.3) is 0 Å². The van der Waals surface area contributed by atoms with Crippen LogP contribution in [0.1, 0.15) is 32.6 Å². The molecule has 1 unspecified atom stereocenters. The molecule has 0 radical (unpaired) electrons. The number of rotatable bonds is 10. The molecular formula is C12H24N2O3S. The molecule has 0 heterocycles. The lowest BCUT2D eigenvalue weighted by molar-refractivity contribution is -0.147. The van der Waals surface area contributed by atoms with Crippen molar-refractivity contribution in [2.45, 2.75) is 38.6 Å². The second kappa shape index (κ2) is 11.3. The van der Waals surface area contributed by atoms with Gasteiger partial charge in [-0.25, -0.2) is 4.79 Å². The second-order valence-corrected chi connectivity index (χ2v) is 4.91. The molecule has 0 saturated carbocycles. The maximum Gasteiger partial charge on any atom is 0.332 e. The van der Waals surface area contributed by atoms with Gasteiger partial charge >= 0.3 is 5.97 Å². The molecule has 0 rings (SSSR count). The smallest absolute Gasteiger partial charge is 0.332 e. The van der Waals surface area contributed by atoms with Gasteiger partial charge < -0.3 is 15.8 Å². The summed E-state index contributed by atoms with van der Waals surface area (Å²) in [5.74, 6) is 0.0487. The van der Waals surface area contributed by atoms with Crippen LogP contribution < -0.4 is 11.1 Å². The normalized spacial score (nSPS) is 11.9. The van der Waals surface area contributed by atoms with Crippen molar-refractivity contribution in [3.63, 3.8) is 0 Å². The first-order valence-corrected chi connectivity index (χ1v) is 7.71. The largest absolute Gasteiger partial charge is 0.464 e. The molecule has 0 fully saturated rings. The average Bonchev–Trinajstić information content (AvgIpc) is 2.36. The quantitative estimate of drug-likeness (QED) is 0.352. The van der Waals surface area contributed by atoms with Crippen LogP contribution >= 0.6 is 11.8 Å². The number of thioether (sulfide) groups is 1. The van der Waals surface area contributed by atoms with Crippen LogP contribution in [0.15, 0.2) is 0 Å². The fraction of sp³-hybridized carbons (Fsp3) is 0.833. The third kappa shape index (κ3) is 8.36. The van der Waals surface area contributed by atoms with Gasteiger partial charge in [-0.15, -0.1) is 0 Å². The summed E-state index contributed by atoms with van der Waals surface area (Å²) in [6.07, 6.45) is 6.46. The van der Waals surface area contributed by atoms with E-state index in [0.717, 1.165) is 12.8 Å². The van der Waals surface area contributed by atoms with Crippen molar-refractivity contribution in [2.24, 2.45) is 5.73 Å². The number of unbranched alkanes of at least 4 members (excludes halogenated alkanes) is 3. The Balaban J connectivity index is 3.55. The zero-order valence-corrected chi connectivity index (χ0v) is 12.1. The van der Waals surface area contributed by atoms with E-state index < -0.39 is 17.9 Å². The molecule has 1 atom stereocenters.